The first kappa shape index (κ1) is 33.2. The molecule has 2 amide bonds. The summed E-state index contributed by atoms with van der Waals surface area (Å²) in [6, 6.07) is 22.0. The highest BCUT2D eigenvalue weighted by Crippen LogP contribution is 2.46. The van der Waals surface area contributed by atoms with Crippen LogP contribution < -0.4 is 10.6 Å². The number of amides is 2. The van der Waals surface area contributed by atoms with Crippen molar-refractivity contribution in [3.8, 4) is 33.6 Å². The first-order valence-electron chi connectivity index (χ1n) is 18.3. The zero-order valence-corrected chi connectivity index (χ0v) is 29.8. The largest absolute Gasteiger partial charge is 0.453 e. The first-order valence-corrected chi connectivity index (χ1v) is 18.3. The van der Waals surface area contributed by atoms with Crippen molar-refractivity contribution < 1.29 is 14.3 Å². The number of carbonyl (C=O) groups excluding carboxylic acids is 2. The first-order chi connectivity index (χ1) is 24.6. The van der Waals surface area contributed by atoms with Crippen LogP contribution in [0.3, 0.4) is 0 Å². The molecule has 0 radical (unpaired) electrons. The van der Waals surface area contributed by atoms with Crippen LogP contribution in [0.1, 0.15) is 70.6 Å². The third kappa shape index (κ3) is 6.89. The normalized spacial score (nSPS) is 20.8. The third-order valence-corrected chi connectivity index (χ3v) is 11.3. The van der Waals surface area contributed by atoms with Crippen LogP contribution in [0, 0.1) is 17.3 Å². The van der Waals surface area contributed by atoms with Gasteiger partial charge in [-0.1, -0.05) is 69.3 Å². The van der Waals surface area contributed by atoms with Gasteiger partial charge in [0, 0.05) is 18.2 Å². The lowest BCUT2D eigenvalue weighted by molar-refractivity contribution is -0.136. The van der Waals surface area contributed by atoms with Crippen LogP contribution in [0.15, 0.2) is 73.1 Å². The summed E-state index contributed by atoms with van der Waals surface area (Å²) >= 11 is 0. The SMILES string of the molecule is COC(=O)NC(C(=O)N(Cc1ncc(-c2ccc3cc(-c4ccc(-c5cnc(C6NC7CCC6C7)[nH]5)cc4)ccc3c2)[nH]1)CC1(C)CC1)C(C)C. The minimum Gasteiger partial charge on any atom is -0.453 e. The van der Waals surface area contributed by atoms with E-state index in [0.717, 1.165) is 63.1 Å². The average Bonchev–Trinajstić information content (AvgIpc) is 3.71. The molecule has 5 aromatic rings. The second-order valence-corrected chi connectivity index (χ2v) is 15.6. The number of nitrogens with one attached hydrogen (secondary N) is 4. The van der Waals surface area contributed by atoms with Crippen molar-refractivity contribution in [3.63, 3.8) is 0 Å². The molecule has 3 heterocycles. The Bertz CT molecular complexity index is 2060. The Morgan fingerprint density at radius 3 is 2.24 bits per heavy atom. The standard InChI is InChI=1S/C41H47N7O3/c1-24(2)36(47-40(50)51-4)39(49)48(23-41(3)15-16-41)22-35-42-20-34(45-35)30-12-11-28-17-27(9-10-29(28)18-30)25-5-7-26(8-6-25)33-21-43-38(46-33)37-31-13-14-32(19-31)44-37/h5-12,17-18,20-21,24,31-32,36-37,44H,13-16,19,22-23H2,1-4H3,(H,42,45)(H,43,46)(H,47,50). The Kier molecular flexibility index (Phi) is 8.66. The number of methoxy groups -OCH3 is 1. The average molecular weight is 686 g/mol. The number of H-pyrrole nitrogens is 2. The van der Waals surface area contributed by atoms with Crippen molar-refractivity contribution in [3.05, 3.63) is 84.7 Å². The molecule has 51 heavy (non-hydrogen) atoms. The molecule has 3 aliphatic rings. The smallest absolute Gasteiger partial charge is 0.407 e. The summed E-state index contributed by atoms with van der Waals surface area (Å²) < 4.78 is 4.80. The van der Waals surface area contributed by atoms with Gasteiger partial charge in [0.05, 0.1) is 43.5 Å². The van der Waals surface area contributed by atoms with Crippen LogP contribution in [0.2, 0.25) is 0 Å². The van der Waals surface area contributed by atoms with Crippen molar-refractivity contribution in [2.75, 3.05) is 13.7 Å². The molecule has 2 bridgehead atoms. The van der Waals surface area contributed by atoms with Gasteiger partial charge in [0.15, 0.2) is 0 Å². The predicted octanol–water partition coefficient (Wildman–Crippen LogP) is 7.61. The number of aromatic nitrogens is 4. The van der Waals surface area contributed by atoms with Crippen LogP contribution in [-0.4, -0.2) is 62.6 Å². The summed E-state index contributed by atoms with van der Waals surface area (Å²) in [6.45, 7) is 6.98. The van der Waals surface area contributed by atoms with E-state index in [2.05, 4.69) is 93.2 Å². The van der Waals surface area contributed by atoms with Gasteiger partial charge in [-0.25, -0.2) is 14.8 Å². The van der Waals surface area contributed by atoms with Gasteiger partial charge in [-0.2, -0.15) is 0 Å². The molecule has 4 atom stereocenters. The summed E-state index contributed by atoms with van der Waals surface area (Å²) in [7, 11) is 1.31. The van der Waals surface area contributed by atoms with E-state index >= 15 is 0 Å². The van der Waals surface area contributed by atoms with Crippen molar-refractivity contribution in [1.82, 2.24) is 35.5 Å². The summed E-state index contributed by atoms with van der Waals surface area (Å²) in [4.78, 5) is 44.1. The van der Waals surface area contributed by atoms with E-state index in [9.17, 15) is 9.59 Å². The maximum absolute atomic E-state index is 13.8. The molecule has 2 aromatic heterocycles. The molecule has 4 unspecified atom stereocenters. The fourth-order valence-electron chi connectivity index (χ4n) is 7.95. The van der Waals surface area contributed by atoms with Crippen LogP contribution in [0.5, 0.6) is 0 Å². The fourth-order valence-corrected chi connectivity index (χ4v) is 7.95. The van der Waals surface area contributed by atoms with Crippen LogP contribution in [-0.2, 0) is 16.1 Å². The number of nitrogens with zero attached hydrogens (tertiary/aromatic N) is 3. The molecule has 0 spiro atoms. The summed E-state index contributed by atoms with van der Waals surface area (Å²) in [5, 5.41) is 8.76. The highest BCUT2D eigenvalue weighted by atomic mass is 16.5. The minimum atomic E-state index is -0.684. The van der Waals surface area contributed by atoms with Gasteiger partial charge in [-0.15, -0.1) is 0 Å². The van der Waals surface area contributed by atoms with Gasteiger partial charge in [0.1, 0.15) is 17.7 Å². The molecule has 10 nitrogen and oxygen atoms in total. The van der Waals surface area contributed by atoms with E-state index in [1.54, 1.807) is 0 Å². The van der Waals surface area contributed by atoms with Crippen molar-refractivity contribution in [2.24, 2.45) is 17.3 Å². The Hall–Kier alpha value is -4.96. The molecule has 2 aliphatic carbocycles. The van der Waals surface area contributed by atoms with E-state index in [1.807, 2.05) is 31.1 Å². The molecule has 264 valence electrons. The van der Waals surface area contributed by atoms with E-state index in [4.69, 9.17) is 9.72 Å². The zero-order chi connectivity index (χ0) is 35.3. The Balaban J connectivity index is 0.959. The topological polar surface area (TPSA) is 128 Å². The molecule has 1 saturated heterocycles. The minimum absolute atomic E-state index is 0.0904. The molecule has 3 aromatic carbocycles. The summed E-state index contributed by atoms with van der Waals surface area (Å²) in [5.74, 6) is 2.24. The highest BCUT2D eigenvalue weighted by Gasteiger charge is 2.42. The highest BCUT2D eigenvalue weighted by molar-refractivity contribution is 5.90. The van der Waals surface area contributed by atoms with Gasteiger partial charge < -0.3 is 30.2 Å². The van der Waals surface area contributed by atoms with Crippen LogP contribution in [0.25, 0.3) is 44.4 Å². The molecule has 10 heteroatoms. The Morgan fingerprint density at radius 1 is 0.902 bits per heavy atom. The lowest BCUT2D eigenvalue weighted by atomic mass is 9.98. The van der Waals surface area contributed by atoms with E-state index < -0.39 is 12.1 Å². The van der Waals surface area contributed by atoms with Crippen LogP contribution in [0.4, 0.5) is 4.79 Å². The maximum Gasteiger partial charge on any atom is 0.407 e. The molecule has 4 N–H and O–H groups in total. The lowest BCUT2D eigenvalue weighted by Gasteiger charge is -2.31. The van der Waals surface area contributed by atoms with Gasteiger partial charge >= 0.3 is 6.09 Å². The number of benzene rings is 3. The van der Waals surface area contributed by atoms with Gasteiger partial charge in [-0.3, -0.25) is 4.79 Å². The van der Waals surface area contributed by atoms with E-state index in [0.29, 0.717) is 36.9 Å². The number of alkyl carbamates (subject to hydrolysis) is 1. The molecule has 8 rings (SSSR count). The molecular weight excluding hydrogens is 638 g/mol. The summed E-state index contributed by atoms with van der Waals surface area (Å²) in [6.07, 6.45) is 9.20. The maximum atomic E-state index is 13.8. The Labute approximate surface area is 298 Å². The number of aromatic amines is 2. The van der Waals surface area contributed by atoms with Crippen molar-refractivity contribution in [2.45, 2.75) is 77.5 Å². The monoisotopic (exact) mass is 685 g/mol. The number of imidazole rings is 2. The second-order valence-electron chi connectivity index (χ2n) is 15.6. The zero-order valence-electron chi connectivity index (χ0n) is 29.8. The van der Waals surface area contributed by atoms with Crippen molar-refractivity contribution in [1.29, 1.82) is 0 Å². The molecule has 1 aliphatic heterocycles. The number of rotatable bonds is 11. The molecule has 3 fully saturated rings. The van der Waals surface area contributed by atoms with Crippen LogP contribution >= 0.6 is 0 Å². The summed E-state index contributed by atoms with van der Waals surface area (Å²) in [5.41, 5.74) is 6.53. The number of carbonyl (C=O) groups is 2. The number of hydrogen-bond acceptors (Lipinski definition) is 6. The second kappa shape index (κ2) is 13.3. The fraction of sp³-hybridized carbons (Fsp3) is 0.415. The van der Waals surface area contributed by atoms with Crippen molar-refractivity contribution >= 4 is 22.8 Å². The number of fused-ring (bicyclic) bond motifs is 3. The third-order valence-electron chi connectivity index (χ3n) is 11.3. The van der Waals surface area contributed by atoms with Gasteiger partial charge in [0.2, 0.25) is 5.91 Å². The quantitative estimate of drug-likeness (QED) is 0.113. The van der Waals surface area contributed by atoms with E-state index in [1.165, 1.54) is 26.4 Å². The molecular formula is C41H47N7O3. The number of piperidine rings is 1. The van der Waals surface area contributed by atoms with Gasteiger partial charge in [0.25, 0.3) is 0 Å². The molecule has 2 saturated carbocycles. The van der Waals surface area contributed by atoms with E-state index in [-0.39, 0.29) is 17.2 Å². The Morgan fingerprint density at radius 2 is 1.57 bits per heavy atom. The predicted molar refractivity (Wildman–Crippen MR) is 198 cm³/mol. The lowest BCUT2D eigenvalue weighted by Crippen LogP contribution is -2.52. The van der Waals surface area contributed by atoms with Gasteiger partial charge in [-0.05, 0) is 89.0 Å². The number of ether oxygens (including phenoxy) is 1. The number of hydrogen-bond donors (Lipinski definition) is 4.